The summed E-state index contributed by atoms with van der Waals surface area (Å²) >= 11 is 13.9. The summed E-state index contributed by atoms with van der Waals surface area (Å²) in [5, 5.41) is 11.1. The van der Waals surface area contributed by atoms with Crippen molar-refractivity contribution in [2.75, 3.05) is 0 Å². The lowest BCUT2D eigenvalue weighted by atomic mass is 10.1. The normalized spacial score (nSPS) is 11.0. The van der Waals surface area contributed by atoms with Gasteiger partial charge in [-0.3, -0.25) is 0 Å². The van der Waals surface area contributed by atoms with Gasteiger partial charge >= 0.3 is 0 Å². The Balaban J connectivity index is 1.85. The molecule has 1 aromatic heterocycles. The largest absolute Gasteiger partial charge is 0.302 e. The van der Waals surface area contributed by atoms with E-state index in [1.54, 1.807) is 11.8 Å². The second kappa shape index (κ2) is 7.60. The van der Waals surface area contributed by atoms with E-state index in [9.17, 15) is 0 Å². The zero-order valence-electron chi connectivity index (χ0n) is 13.5. The Morgan fingerprint density at radius 2 is 1.92 bits per heavy atom. The third-order valence-electron chi connectivity index (χ3n) is 3.72. The zero-order valence-corrected chi connectivity index (χ0v) is 15.8. The lowest BCUT2D eigenvalue weighted by Gasteiger charge is -2.08. The van der Waals surface area contributed by atoms with Gasteiger partial charge in [0.1, 0.15) is 0 Å². The van der Waals surface area contributed by atoms with Crippen LogP contribution in [0.15, 0.2) is 47.6 Å². The first-order valence-electron chi connectivity index (χ1n) is 7.65. The van der Waals surface area contributed by atoms with Gasteiger partial charge in [0.25, 0.3) is 0 Å². The molecule has 0 unspecified atom stereocenters. The zero-order chi connectivity index (χ0) is 17.1. The van der Waals surface area contributed by atoms with Gasteiger partial charge in [0.2, 0.25) is 0 Å². The smallest absolute Gasteiger partial charge is 0.191 e. The summed E-state index contributed by atoms with van der Waals surface area (Å²) in [6, 6.07) is 13.9. The predicted octanol–water partition coefficient (Wildman–Crippen LogP) is 5.87. The Kier molecular flexibility index (Phi) is 5.49. The molecular formula is C18H17Cl2N3S. The Hall–Kier alpha value is -1.49. The maximum atomic E-state index is 6.25. The van der Waals surface area contributed by atoms with Crippen LogP contribution in [0, 0.1) is 6.92 Å². The van der Waals surface area contributed by atoms with E-state index in [2.05, 4.69) is 27.8 Å². The van der Waals surface area contributed by atoms with E-state index in [4.69, 9.17) is 23.2 Å². The summed E-state index contributed by atoms with van der Waals surface area (Å²) in [6.45, 7) is 4.88. The van der Waals surface area contributed by atoms with E-state index in [-0.39, 0.29) is 0 Å². The average Bonchev–Trinajstić information content (AvgIpc) is 2.98. The lowest BCUT2D eigenvalue weighted by molar-refractivity contribution is 0.687. The van der Waals surface area contributed by atoms with Crippen molar-refractivity contribution >= 4 is 35.0 Å². The van der Waals surface area contributed by atoms with Crippen LogP contribution in [0.5, 0.6) is 0 Å². The molecule has 1 heterocycles. The number of aromatic nitrogens is 3. The quantitative estimate of drug-likeness (QED) is 0.520. The van der Waals surface area contributed by atoms with Crippen molar-refractivity contribution in [1.82, 2.24) is 14.8 Å². The summed E-state index contributed by atoms with van der Waals surface area (Å²) < 4.78 is 2.11. The molecule has 24 heavy (non-hydrogen) atoms. The Labute approximate surface area is 156 Å². The molecule has 124 valence electrons. The van der Waals surface area contributed by atoms with Gasteiger partial charge in [-0.25, -0.2) is 0 Å². The van der Waals surface area contributed by atoms with Crippen LogP contribution >= 0.6 is 35.0 Å². The van der Waals surface area contributed by atoms with E-state index in [1.807, 2.05) is 43.3 Å². The van der Waals surface area contributed by atoms with Crippen molar-refractivity contribution < 1.29 is 0 Å². The molecule has 6 heteroatoms. The van der Waals surface area contributed by atoms with Crippen molar-refractivity contribution in [1.29, 1.82) is 0 Å². The van der Waals surface area contributed by atoms with Crippen molar-refractivity contribution in [2.24, 2.45) is 0 Å². The molecule has 0 fully saturated rings. The van der Waals surface area contributed by atoms with Gasteiger partial charge in [0, 0.05) is 27.9 Å². The maximum Gasteiger partial charge on any atom is 0.191 e. The van der Waals surface area contributed by atoms with Crippen molar-refractivity contribution in [3.8, 4) is 11.4 Å². The fourth-order valence-corrected chi connectivity index (χ4v) is 3.74. The molecule has 3 aromatic rings. The van der Waals surface area contributed by atoms with E-state index < -0.39 is 0 Å². The molecule has 0 spiro atoms. The molecule has 0 aliphatic rings. The number of halogens is 2. The van der Waals surface area contributed by atoms with Crippen LogP contribution < -0.4 is 0 Å². The summed E-state index contributed by atoms with van der Waals surface area (Å²) in [5.41, 5.74) is 3.20. The van der Waals surface area contributed by atoms with E-state index in [0.717, 1.165) is 50.0 Å². The first kappa shape index (κ1) is 17.3. The summed E-state index contributed by atoms with van der Waals surface area (Å²) in [4.78, 5) is 0. The number of thioether (sulfide) groups is 1. The summed E-state index contributed by atoms with van der Waals surface area (Å²) in [6.07, 6.45) is 0. The molecule has 3 rings (SSSR count). The molecule has 0 atom stereocenters. The third kappa shape index (κ3) is 3.77. The minimum Gasteiger partial charge on any atom is -0.302 e. The molecule has 0 amide bonds. The molecule has 0 saturated heterocycles. The molecule has 2 aromatic carbocycles. The molecule has 0 N–H and O–H groups in total. The van der Waals surface area contributed by atoms with Crippen molar-refractivity contribution in [3.05, 3.63) is 63.6 Å². The standard InChI is InChI=1S/C18H17Cl2N3S/c1-3-23-17(14-8-7-12(2)16(20)10-14)21-22-18(23)24-11-13-5-4-6-15(19)9-13/h4-10H,3,11H2,1-2H3. The lowest BCUT2D eigenvalue weighted by Crippen LogP contribution is -2.00. The number of hydrogen-bond donors (Lipinski definition) is 0. The SMILES string of the molecule is CCn1c(SCc2cccc(Cl)c2)nnc1-c1ccc(C)c(Cl)c1. The van der Waals surface area contributed by atoms with E-state index in [1.165, 1.54) is 0 Å². The maximum absolute atomic E-state index is 6.25. The van der Waals surface area contributed by atoms with Crippen LogP contribution in [-0.4, -0.2) is 14.8 Å². The van der Waals surface area contributed by atoms with Crippen LogP contribution in [0.25, 0.3) is 11.4 Å². The van der Waals surface area contributed by atoms with Crippen LogP contribution in [-0.2, 0) is 12.3 Å². The average molecular weight is 378 g/mol. The van der Waals surface area contributed by atoms with Crippen LogP contribution in [0.2, 0.25) is 10.0 Å². The highest BCUT2D eigenvalue weighted by atomic mass is 35.5. The number of nitrogens with zero attached hydrogens (tertiary/aromatic N) is 3. The highest BCUT2D eigenvalue weighted by Gasteiger charge is 2.14. The molecule has 3 nitrogen and oxygen atoms in total. The van der Waals surface area contributed by atoms with Gasteiger partial charge in [0.15, 0.2) is 11.0 Å². The monoisotopic (exact) mass is 377 g/mol. The fourth-order valence-electron chi connectivity index (χ4n) is 2.40. The van der Waals surface area contributed by atoms with Gasteiger partial charge in [0.05, 0.1) is 0 Å². The van der Waals surface area contributed by atoms with Gasteiger partial charge in [-0.05, 0) is 43.2 Å². The topological polar surface area (TPSA) is 30.7 Å². The third-order valence-corrected chi connectivity index (χ3v) is 5.40. The van der Waals surface area contributed by atoms with Gasteiger partial charge in [-0.1, -0.05) is 59.2 Å². The van der Waals surface area contributed by atoms with Gasteiger partial charge in [-0.2, -0.15) is 0 Å². The highest BCUT2D eigenvalue weighted by molar-refractivity contribution is 7.98. The number of benzene rings is 2. The molecule has 0 bridgehead atoms. The second-order valence-corrected chi connectivity index (χ2v) is 7.22. The summed E-state index contributed by atoms with van der Waals surface area (Å²) in [7, 11) is 0. The van der Waals surface area contributed by atoms with Crippen LogP contribution in [0.3, 0.4) is 0 Å². The number of hydrogen-bond acceptors (Lipinski definition) is 3. The predicted molar refractivity (Wildman–Crippen MR) is 102 cm³/mol. The summed E-state index contributed by atoms with van der Waals surface area (Å²) in [5.74, 6) is 1.64. The molecule has 0 radical (unpaired) electrons. The molecule has 0 aliphatic heterocycles. The first-order valence-corrected chi connectivity index (χ1v) is 9.39. The molecule has 0 saturated carbocycles. The Morgan fingerprint density at radius 1 is 1.08 bits per heavy atom. The molecular weight excluding hydrogens is 361 g/mol. The van der Waals surface area contributed by atoms with Gasteiger partial charge < -0.3 is 4.57 Å². The van der Waals surface area contributed by atoms with Gasteiger partial charge in [-0.15, -0.1) is 10.2 Å². The van der Waals surface area contributed by atoms with Crippen molar-refractivity contribution in [3.63, 3.8) is 0 Å². The minimum absolute atomic E-state index is 0.742. The molecule has 0 aliphatic carbocycles. The van der Waals surface area contributed by atoms with Crippen molar-refractivity contribution in [2.45, 2.75) is 31.3 Å². The minimum atomic E-state index is 0.742. The van der Waals surface area contributed by atoms with Crippen LogP contribution in [0.4, 0.5) is 0 Å². The van der Waals surface area contributed by atoms with Crippen LogP contribution in [0.1, 0.15) is 18.1 Å². The first-order chi connectivity index (χ1) is 11.6. The second-order valence-electron chi connectivity index (χ2n) is 5.43. The van der Waals surface area contributed by atoms with E-state index in [0.29, 0.717) is 0 Å². The van der Waals surface area contributed by atoms with E-state index >= 15 is 0 Å². The fraction of sp³-hybridized carbons (Fsp3) is 0.222. The Bertz CT molecular complexity index is 861. The Morgan fingerprint density at radius 3 is 2.62 bits per heavy atom. The highest BCUT2D eigenvalue weighted by Crippen LogP contribution is 2.29. The number of aryl methyl sites for hydroxylation is 1. The number of rotatable bonds is 5.